The summed E-state index contributed by atoms with van der Waals surface area (Å²) in [6.45, 7) is 8.83. The molecule has 0 spiro atoms. The maximum Gasteiger partial charge on any atom is 0.269 e. The molecule has 2 saturated heterocycles. The first-order valence-corrected chi connectivity index (χ1v) is 11.5. The summed E-state index contributed by atoms with van der Waals surface area (Å²) in [6.07, 6.45) is -1.99. The van der Waals surface area contributed by atoms with Gasteiger partial charge in [-0.25, -0.2) is 4.98 Å². The zero-order chi connectivity index (χ0) is 24.3. The molecule has 1 aromatic rings. The summed E-state index contributed by atoms with van der Waals surface area (Å²) < 4.78 is 36.2. The van der Waals surface area contributed by atoms with Crippen molar-refractivity contribution in [1.29, 1.82) is 0 Å². The topological polar surface area (TPSA) is 126 Å². The lowest BCUT2D eigenvalue weighted by Gasteiger charge is -2.34. The number of hydrogen-bond acceptors (Lipinski definition) is 9. The van der Waals surface area contributed by atoms with Gasteiger partial charge in [-0.3, -0.25) is 9.59 Å². The normalized spacial score (nSPS) is 32.4. The Balaban J connectivity index is 1.55. The third kappa shape index (κ3) is 6.09. The molecule has 0 unspecified atom stereocenters. The van der Waals surface area contributed by atoms with Crippen LogP contribution < -0.4 is 10.6 Å². The number of hydrogen-bond donors (Lipinski definition) is 2. The molecule has 0 aromatic carbocycles. The number of ether oxygens (including phenoxy) is 6. The van der Waals surface area contributed by atoms with Crippen LogP contribution in [0.3, 0.4) is 0 Å². The summed E-state index contributed by atoms with van der Waals surface area (Å²) >= 11 is 0. The first-order valence-electron chi connectivity index (χ1n) is 11.5. The molecule has 2 N–H and O–H groups in total. The van der Waals surface area contributed by atoms with Crippen LogP contribution in [-0.2, 0) is 28.4 Å². The van der Waals surface area contributed by atoms with Crippen molar-refractivity contribution in [2.24, 2.45) is 0 Å². The number of rotatable bonds is 2. The van der Waals surface area contributed by atoms with Gasteiger partial charge in [0.1, 0.15) is 35.8 Å². The number of nitrogens with zero attached hydrogens (tertiary/aromatic N) is 1. The molecule has 0 radical (unpaired) electrons. The van der Waals surface area contributed by atoms with Crippen molar-refractivity contribution in [3.8, 4) is 0 Å². The molecule has 1 aromatic heterocycles. The van der Waals surface area contributed by atoms with E-state index in [4.69, 9.17) is 28.4 Å². The molecular formula is C23H33N3O8. The van der Waals surface area contributed by atoms with Crippen LogP contribution in [0.25, 0.3) is 0 Å². The number of fused-ring (bicyclic) bond motifs is 2. The van der Waals surface area contributed by atoms with Crippen LogP contribution in [0.5, 0.6) is 0 Å². The van der Waals surface area contributed by atoms with Crippen LogP contribution in [0, 0.1) is 0 Å². The van der Waals surface area contributed by atoms with Crippen molar-refractivity contribution >= 4 is 11.8 Å². The standard InChI is InChI=1S/C23H33N3O8/c1-22(2)31-12-16(33-22)18-19(17-13-32-23(3,4)34-17)30-11-9-25-21(28)15-7-5-6-14(26-15)20(27)24-8-10-29-18/h5-7,16-19H,8-13H2,1-4H3,(H,24,27)(H,25,28)/t16-,17-,18-,19-/m1/s1. The minimum atomic E-state index is -0.764. The van der Waals surface area contributed by atoms with Gasteiger partial charge in [0.05, 0.1) is 26.4 Å². The molecule has 4 rings (SSSR count). The fraction of sp³-hybridized carbons (Fsp3) is 0.696. The van der Waals surface area contributed by atoms with E-state index in [1.165, 1.54) is 0 Å². The van der Waals surface area contributed by atoms with Crippen molar-refractivity contribution in [2.75, 3.05) is 39.5 Å². The van der Waals surface area contributed by atoms with Crippen LogP contribution >= 0.6 is 0 Å². The second-order valence-electron chi connectivity index (χ2n) is 9.32. The van der Waals surface area contributed by atoms with Crippen molar-refractivity contribution < 1.29 is 38.0 Å². The van der Waals surface area contributed by atoms with E-state index in [1.807, 2.05) is 27.7 Å². The van der Waals surface area contributed by atoms with Crippen LogP contribution in [0.4, 0.5) is 0 Å². The molecule has 3 aliphatic heterocycles. The van der Waals surface area contributed by atoms with Gasteiger partial charge in [-0.1, -0.05) is 6.07 Å². The van der Waals surface area contributed by atoms with Gasteiger partial charge in [-0.05, 0) is 39.8 Å². The van der Waals surface area contributed by atoms with E-state index in [0.29, 0.717) is 13.2 Å². The maximum atomic E-state index is 12.5. The van der Waals surface area contributed by atoms with Gasteiger partial charge in [0.25, 0.3) is 11.8 Å². The number of pyridine rings is 1. The fourth-order valence-corrected chi connectivity index (χ4v) is 4.17. The third-order valence-electron chi connectivity index (χ3n) is 5.73. The number of amides is 2. The van der Waals surface area contributed by atoms with E-state index in [0.717, 1.165) is 0 Å². The van der Waals surface area contributed by atoms with E-state index in [2.05, 4.69) is 15.6 Å². The molecule has 3 aliphatic rings. The predicted octanol–water partition coefficient (Wildman–Crippen LogP) is 0.628. The summed E-state index contributed by atoms with van der Waals surface area (Å²) in [5.74, 6) is -2.32. The lowest BCUT2D eigenvalue weighted by atomic mass is 10.0. The number of carbonyl (C=O) groups is 2. The molecule has 11 nitrogen and oxygen atoms in total. The van der Waals surface area contributed by atoms with Gasteiger partial charge < -0.3 is 39.1 Å². The molecule has 2 fully saturated rings. The summed E-state index contributed by atoms with van der Waals surface area (Å²) in [5, 5.41) is 5.55. The number of nitrogens with one attached hydrogen (secondary N) is 2. The van der Waals surface area contributed by atoms with Crippen LogP contribution in [0.2, 0.25) is 0 Å². The summed E-state index contributed by atoms with van der Waals surface area (Å²) in [6, 6.07) is 4.72. The Morgan fingerprint density at radius 2 is 1.24 bits per heavy atom. The van der Waals surface area contributed by atoms with Gasteiger partial charge in [0, 0.05) is 13.1 Å². The molecule has 34 heavy (non-hydrogen) atoms. The zero-order valence-electron chi connectivity index (χ0n) is 20.0. The third-order valence-corrected chi connectivity index (χ3v) is 5.73. The highest BCUT2D eigenvalue weighted by Crippen LogP contribution is 2.32. The van der Waals surface area contributed by atoms with E-state index >= 15 is 0 Å². The zero-order valence-corrected chi connectivity index (χ0v) is 20.0. The second-order valence-corrected chi connectivity index (χ2v) is 9.32. The molecule has 0 saturated carbocycles. The highest BCUT2D eigenvalue weighted by molar-refractivity contribution is 5.96. The van der Waals surface area contributed by atoms with Crippen molar-refractivity contribution in [3.63, 3.8) is 0 Å². The molecule has 0 aliphatic carbocycles. The minimum absolute atomic E-state index is 0.154. The quantitative estimate of drug-likeness (QED) is 0.628. The van der Waals surface area contributed by atoms with Crippen molar-refractivity contribution in [2.45, 2.75) is 63.7 Å². The van der Waals surface area contributed by atoms with E-state index < -0.39 is 47.8 Å². The van der Waals surface area contributed by atoms with Gasteiger partial charge in [0.2, 0.25) is 0 Å². The molecule has 4 atom stereocenters. The minimum Gasteiger partial charge on any atom is -0.371 e. The van der Waals surface area contributed by atoms with Gasteiger partial charge in [-0.2, -0.15) is 0 Å². The van der Waals surface area contributed by atoms with Crippen LogP contribution in [0.1, 0.15) is 48.7 Å². The average molecular weight is 480 g/mol. The van der Waals surface area contributed by atoms with E-state index in [-0.39, 0.29) is 37.7 Å². The van der Waals surface area contributed by atoms with Crippen LogP contribution in [0.15, 0.2) is 18.2 Å². The smallest absolute Gasteiger partial charge is 0.269 e. The van der Waals surface area contributed by atoms with Crippen LogP contribution in [-0.4, -0.2) is 92.3 Å². The summed E-state index contributed by atoms with van der Waals surface area (Å²) in [4.78, 5) is 29.2. The van der Waals surface area contributed by atoms with Gasteiger partial charge in [0.15, 0.2) is 11.6 Å². The number of aromatic nitrogens is 1. The maximum absolute atomic E-state index is 12.5. The lowest BCUT2D eigenvalue weighted by Crippen LogP contribution is -2.51. The molecule has 11 heteroatoms. The summed E-state index contributed by atoms with van der Waals surface area (Å²) in [7, 11) is 0. The summed E-state index contributed by atoms with van der Waals surface area (Å²) in [5.41, 5.74) is 0.308. The van der Waals surface area contributed by atoms with E-state index in [9.17, 15) is 9.59 Å². The molecular weight excluding hydrogens is 446 g/mol. The van der Waals surface area contributed by atoms with Gasteiger partial charge in [-0.15, -0.1) is 0 Å². The Kier molecular flexibility index (Phi) is 7.51. The SMILES string of the molecule is CC1(C)OC[C@H]([C@H]2OCCNC(=O)c3cccc(n3)C(=O)NCCO[C@@H]2[C@H]2COC(C)(C)O2)O1. The molecule has 4 heterocycles. The van der Waals surface area contributed by atoms with Crippen molar-refractivity contribution in [1.82, 2.24) is 15.6 Å². The molecule has 188 valence electrons. The van der Waals surface area contributed by atoms with E-state index in [1.54, 1.807) is 18.2 Å². The van der Waals surface area contributed by atoms with Gasteiger partial charge >= 0.3 is 0 Å². The Hall–Kier alpha value is -2.15. The molecule has 2 bridgehead atoms. The van der Waals surface area contributed by atoms with Crippen molar-refractivity contribution in [3.05, 3.63) is 29.6 Å². The monoisotopic (exact) mass is 479 g/mol. The fourth-order valence-electron chi connectivity index (χ4n) is 4.17. The molecule has 2 amide bonds. The largest absolute Gasteiger partial charge is 0.371 e. The Morgan fingerprint density at radius 1 is 0.794 bits per heavy atom. The first kappa shape index (κ1) is 25.0. The highest BCUT2D eigenvalue weighted by atomic mass is 16.8. The first-order chi connectivity index (χ1) is 16.1. The second kappa shape index (κ2) is 10.2. The Labute approximate surface area is 198 Å². The average Bonchev–Trinajstić information content (AvgIpc) is 3.34. The Morgan fingerprint density at radius 3 is 1.62 bits per heavy atom. The number of carbonyl (C=O) groups excluding carboxylic acids is 2. The highest BCUT2D eigenvalue weighted by Gasteiger charge is 2.48. The lowest BCUT2D eigenvalue weighted by molar-refractivity contribution is -0.203. The Bertz CT molecular complexity index is 825. The predicted molar refractivity (Wildman–Crippen MR) is 118 cm³/mol.